The summed E-state index contributed by atoms with van der Waals surface area (Å²) >= 11 is 3.52. The summed E-state index contributed by atoms with van der Waals surface area (Å²) in [6.07, 6.45) is 7.02. The second kappa shape index (κ2) is 5.52. The Bertz CT molecular complexity index is 851. The summed E-state index contributed by atoms with van der Waals surface area (Å²) < 4.78 is 3.11. The molecular weight excluding hydrogens is 338 g/mol. The molecule has 0 aliphatic heterocycles. The van der Waals surface area contributed by atoms with E-state index in [1.54, 1.807) is 0 Å². The Hall–Kier alpha value is -1.65. The van der Waals surface area contributed by atoms with Gasteiger partial charge >= 0.3 is 0 Å². The zero-order valence-electron chi connectivity index (χ0n) is 12.3. The van der Waals surface area contributed by atoms with Crippen molar-refractivity contribution >= 4 is 21.6 Å². The number of aryl methyl sites for hydroxylation is 2. The third-order valence-electron chi connectivity index (χ3n) is 4.50. The van der Waals surface area contributed by atoms with Crippen molar-refractivity contribution in [1.29, 1.82) is 0 Å². The van der Waals surface area contributed by atoms with E-state index in [0.29, 0.717) is 6.54 Å². The van der Waals surface area contributed by atoms with Crippen LogP contribution in [-0.4, -0.2) is 9.38 Å². The Morgan fingerprint density at radius 1 is 1.09 bits per heavy atom. The summed E-state index contributed by atoms with van der Waals surface area (Å²) in [6.45, 7) is 0.476. The standard InChI is InChI=1S/C18H18BrN3/c19-15-7-8-17-21-18(16(10-20)22(17)11-15)14-6-5-12-3-1-2-4-13(12)9-14/h5-9,11H,1-4,10,20H2. The van der Waals surface area contributed by atoms with Crippen LogP contribution in [0.25, 0.3) is 16.9 Å². The van der Waals surface area contributed by atoms with Crippen LogP contribution < -0.4 is 5.73 Å². The van der Waals surface area contributed by atoms with Crippen molar-refractivity contribution in [3.8, 4) is 11.3 Å². The molecule has 4 heteroatoms. The van der Waals surface area contributed by atoms with Crippen molar-refractivity contribution in [2.45, 2.75) is 32.2 Å². The molecule has 22 heavy (non-hydrogen) atoms. The normalized spacial score (nSPS) is 14.3. The van der Waals surface area contributed by atoms with E-state index in [4.69, 9.17) is 10.7 Å². The van der Waals surface area contributed by atoms with Crippen molar-refractivity contribution in [3.05, 3.63) is 57.8 Å². The van der Waals surface area contributed by atoms with Crippen LogP contribution in [0.2, 0.25) is 0 Å². The molecule has 2 N–H and O–H groups in total. The molecule has 4 rings (SSSR count). The van der Waals surface area contributed by atoms with Crippen molar-refractivity contribution in [3.63, 3.8) is 0 Å². The lowest BCUT2D eigenvalue weighted by molar-refractivity contribution is 0.686. The van der Waals surface area contributed by atoms with Gasteiger partial charge in [-0.2, -0.15) is 0 Å². The lowest BCUT2D eigenvalue weighted by Gasteiger charge is -2.16. The van der Waals surface area contributed by atoms with Gasteiger partial charge in [0.05, 0.1) is 11.4 Å². The molecule has 3 aromatic rings. The summed E-state index contributed by atoms with van der Waals surface area (Å²) in [5.41, 5.74) is 13.2. The van der Waals surface area contributed by atoms with Crippen LogP contribution in [0.15, 0.2) is 41.0 Å². The first-order valence-electron chi connectivity index (χ1n) is 7.75. The van der Waals surface area contributed by atoms with Gasteiger partial charge in [0.15, 0.2) is 0 Å². The highest BCUT2D eigenvalue weighted by Crippen LogP contribution is 2.30. The summed E-state index contributed by atoms with van der Waals surface area (Å²) in [5, 5.41) is 0. The zero-order valence-corrected chi connectivity index (χ0v) is 13.9. The largest absolute Gasteiger partial charge is 0.325 e. The number of halogens is 1. The minimum absolute atomic E-state index is 0.476. The predicted molar refractivity (Wildman–Crippen MR) is 92.9 cm³/mol. The number of nitrogens with two attached hydrogens (primary N) is 1. The second-order valence-corrected chi connectivity index (χ2v) is 6.79. The number of rotatable bonds is 2. The average Bonchev–Trinajstić information content (AvgIpc) is 2.92. The SMILES string of the molecule is NCc1c(-c2ccc3c(c2)CCCC3)nc2ccc(Br)cn12. The van der Waals surface area contributed by atoms with Gasteiger partial charge in [0, 0.05) is 22.8 Å². The Labute approximate surface area is 138 Å². The van der Waals surface area contributed by atoms with Crippen LogP contribution >= 0.6 is 15.9 Å². The lowest BCUT2D eigenvalue weighted by atomic mass is 9.90. The van der Waals surface area contributed by atoms with Crippen LogP contribution in [0.5, 0.6) is 0 Å². The first-order chi connectivity index (χ1) is 10.8. The summed E-state index contributed by atoms with van der Waals surface area (Å²) in [4.78, 5) is 4.81. The van der Waals surface area contributed by atoms with E-state index in [-0.39, 0.29) is 0 Å². The van der Waals surface area contributed by atoms with Crippen LogP contribution in [0, 0.1) is 0 Å². The first-order valence-corrected chi connectivity index (χ1v) is 8.54. The highest BCUT2D eigenvalue weighted by atomic mass is 79.9. The Balaban J connectivity index is 1.90. The van der Waals surface area contributed by atoms with Gasteiger partial charge < -0.3 is 10.1 Å². The topological polar surface area (TPSA) is 43.3 Å². The summed E-state index contributed by atoms with van der Waals surface area (Å²) in [7, 11) is 0. The molecule has 112 valence electrons. The fraction of sp³-hybridized carbons (Fsp3) is 0.278. The molecule has 1 aromatic carbocycles. The molecule has 0 atom stereocenters. The molecule has 1 aliphatic carbocycles. The van der Waals surface area contributed by atoms with E-state index in [2.05, 4.69) is 38.5 Å². The van der Waals surface area contributed by atoms with Crippen molar-refractivity contribution in [1.82, 2.24) is 9.38 Å². The van der Waals surface area contributed by atoms with Crippen LogP contribution in [-0.2, 0) is 19.4 Å². The number of fused-ring (bicyclic) bond motifs is 2. The Kier molecular flexibility index (Phi) is 3.51. The van der Waals surface area contributed by atoms with Crippen LogP contribution in [0.3, 0.4) is 0 Å². The first kappa shape index (κ1) is 14.0. The summed E-state index contributed by atoms with van der Waals surface area (Å²) in [5.74, 6) is 0. The quantitative estimate of drug-likeness (QED) is 0.751. The number of nitrogens with zero attached hydrogens (tertiary/aromatic N) is 2. The molecule has 0 unspecified atom stereocenters. The van der Waals surface area contributed by atoms with Gasteiger partial charge in [-0.25, -0.2) is 4.98 Å². The third-order valence-corrected chi connectivity index (χ3v) is 4.97. The van der Waals surface area contributed by atoms with Crippen molar-refractivity contribution in [2.24, 2.45) is 5.73 Å². The van der Waals surface area contributed by atoms with Crippen molar-refractivity contribution < 1.29 is 0 Å². The minimum atomic E-state index is 0.476. The predicted octanol–water partition coefficient (Wildman–Crippen LogP) is 4.10. The molecule has 0 radical (unpaired) electrons. The second-order valence-electron chi connectivity index (χ2n) is 5.88. The highest BCUT2D eigenvalue weighted by molar-refractivity contribution is 9.10. The molecular formula is C18H18BrN3. The number of imidazole rings is 1. The van der Waals surface area contributed by atoms with Gasteiger partial charge in [-0.3, -0.25) is 0 Å². The molecule has 1 aliphatic rings. The number of hydrogen-bond donors (Lipinski definition) is 1. The Morgan fingerprint density at radius 2 is 1.91 bits per heavy atom. The number of pyridine rings is 1. The van der Waals surface area contributed by atoms with Gasteiger partial charge in [0.25, 0.3) is 0 Å². The number of hydrogen-bond acceptors (Lipinski definition) is 2. The molecule has 0 spiro atoms. The lowest BCUT2D eigenvalue weighted by Crippen LogP contribution is -2.04. The molecule has 2 heterocycles. The maximum absolute atomic E-state index is 6.01. The molecule has 0 saturated carbocycles. The molecule has 3 nitrogen and oxygen atoms in total. The zero-order chi connectivity index (χ0) is 15.1. The van der Waals surface area contributed by atoms with Crippen LogP contribution in [0.4, 0.5) is 0 Å². The van der Waals surface area contributed by atoms with E-state index in [1.165, 1.54) is 42.4 Å². The van der Waals surface area contributed by atoms with Crippen LogP contribution in [0.1, 0.15) is 29.7 Å². The van der Waals surface area contributed by atoms with Gasteiger partial charge in [0.2, 0.25) is 0 Å². The molecule has 0 fully saturated rings. The van der Waals surface area contributed by atoms with E-state index in [0.717, 1.165) is 21.5 Å². The van der Waals surface area contributed by atoms with Gasteiger partial charge in [-0.15, -0.1) is 0 Å². The van der Waals surface area contributed by atoms with Gasteiger partial charge in [-0.1, -0.05) is 12.1 Å². The maximum Gasteiger partial charge on any atom is 0.137 e. The monoisotopic (exact) mass is 355 g/mol. The Morgan fingerprint density at radius 3 is 2.73 bits per heavy atom. The third kappa shape index (κ3) is 2.27. The van der Waals surface area contributed by atoms with E-state index >= 15 is 0 Å². The molecule has 0 amide bonds. The van der Waals surface area contributed by atoms with Gasteiger partial charge in [0.1, 0.15) is 5.65 Å². The fourth-order valence-corrected chi connectivity index (χ4v) is 3.71. The molecule has 0 saturated heterocycles. The van der Waals surface area contributed by atoms with E-state index in [9.17, 15) is 0 Å². The molecule has 2 aromatic heterocycles. The highest BCUT2D eigenvalue weighted by Gasteiger charge is 2.16. The minimum Gasteiger partial charge on any atom is -0.325 e. The van der Waals surface area contributed by atoms with Crippen molar-refractivity contribution in [2.75, 3.05) is 0 Å². The van der Waals surface area contributed by atoms with E-state index in [1.807, 2.05) is 18.3 Å². The van der Waals surface area contributed by atoms with E-state index < -0.39 is 0 Å². The summed E-state index contributed by atoms with van der Waals surface area (Å²) in [6, 6.07) is 10.8. The number of benzene rings is 1. The average molecular weight is 356 g/mol. The maximum atomic E-state index is 6.01. The fourth-order valence-electron chi connectivity index (χ4n) is 3.37. The smallest absolute Gasteiger partial charge is 0.137 e. The molecule has 0 bridgehead atoms. The van der Waals surface area contributed by atoms with Gasteiger partial charge in [-0.05, 0) is 70.9 Å². The number of aromatic nitrogens is 2.